The zero-order chi connectivity index (χ0) is 13.7. The number of hydrogen-bond acceptors (Lipinski definition) is 5. The SMILES string of the molecule is C=CC(=O)Oc1ncccc1NCC1(CC#N)CC1. The molecule has 5 nitrogen and oxygen atoms in total. The molecule has 5 heteroatoms. The maximum atomic E-state index is 11.2. The van der Waals surface area contributed by atoms with Crippen LogP contribution in [0.2, 0.25) is 0 Å². The Morgan fingerprint density at radius 2 is 2.47 bits per heavy atom. The van der Waals surface area contributed by atoms with Crippen LogP contribution in [0.15, 0.2) is 31.0 Å². The van der Waals surface area contributed by atoms with Crippen molar-refractivity contribution >= 4 is 11.7 Å². The third-order valence-corrected chi connectivity index (χ3v) is 3.20. The molecule has 1 heterocycles. The van der Waals surface area contributed by atoms with Crippen LogP contribution in [-0.4, -0.2) is 17.5 Å². The zero-order valence-corrected chi connectivity index (χ0v) is 10.6. The van der Waals surface area contributed by atoms with Crippen molar-refractivity contribution in [2.45, 2.75) is 19.3 Å². The number of nitrogens with zero attached hydrogens (tertiary/aromatic N) is 2. The number of anilines is 1. The van der Waals surface area contributed by atoms with Crippen molar-refractivity contribution < 1.29 is 9.53 Å². The molecule has 0 bridgehead atoms. The van der Waals surface area contributed by atoms with Crippen LogP contribution in [0, 0.1) is 16.7 Å². The summed E-state index contributed by atoms with van der Waals surface area (Å²) in [5.41, 5.74) is 0.728. The predicted molar refractivity (Wildman–Crippen MR) is 70.5 cm³/mol. The van der Waals surface area contributed by atoms with Gasteiger partial charge >= 0.3 is 5.97 Å². The molecule has 19 heavy (non-hydrogen) atoms. The monoisotopic (exact) mass is 257 g/mol. The van der Waals surface area contributed by atoms with Crippen molar-refractivity contribution in [3.8, 4) is 11.9 Å². The van der Waals surface area contributed by atoms with Gasteiger partial charge in [0.05, 0.1) is 11.8 Å². The normalized spacial score (nSPS) is 15.1. The molecular formula is C14H15N3O2. The maximum Gasteiger partial charge on any atom is 0.336 e. The number of pyridine rings is 1. The highest BCUT2D eigenvalue weighted by atomic mass is 16.5. The van der Waals surface area contributed by atoms with E-state index in [1.165, 1.54) is 0 Å². The minimum atomic E-state index is -0.542. The summed E-state index contributed by atoms with van der Waals surface area (Å²) in [6.07, 6.45) is 5.29. The number of nitrogens with one attached hydrogen (secondary N) is 1. The summed E-state index contributed by atoms with van der Waals surface area (Å²) in [4.78, 5) is 15.2. The lowest BCUT2D eigenvalue weighted by Gasteiger charge is -2.14. The zero-order valence-electron chi connectivity index (χ0n) is 10.6. The fourth-order valence-corrected chi connectivity index (χ4v) is 1.79. The lowest BCUT2D eigenvalue weighted by atomic mass is 10.0. The largest absolute Gasteiger partial charge is 0.402 e. The van der Waals surface area contributed by atoms with Crippen LogP contribution in [0.25, 0.3) is 0 Å². The van der Waals surface area contributed by atoms with Gasteiger partial charge in [-0.25, -0.2) is 9.78 Å². The number of rotatable bonds is 6. The highest BCUT2D eigenvalue weighted by Crippen LogP contribution is 2.48. The summed E-state index contributed by atoms with van der Waals surface area (Å²) in [6, 6.07) is 5.76. The average molecular weight is 257 g/mol. The molecule has 1 aliphatic rings. The smallest absolute Gasteiger partial charge is 0.336 e. The molecule has 1 saturated carbocycles. The van der Waals surface area contributed by atoms with Gasteiger partial charge in [-0.15, -0.1) is 0 Å². The van der Waals surface area contributed by atoms with Crippen molar-refractivity contribution in [3.05, 3.63) is 31.0 Å². The first-order chi connectivity index (χ1) is 9.19. The number of esters is 1. The van der Waals surface area contributed by atoms with Crippen LogP contribution in [0.1, 0.15) is 19.3 Å². The van der Waals surface area contributed by atoms with Gasteiger partial charge in [-0.2, -0.15) is 5.26 Å². The first-order valence-corrected chi connectivity index (χ1v) is 6.09. The Morgan fingerprint density at radius 1 is 1.68 bits per heavy atom. The van der Waals surface area contributed by atoms with Crippen molar-refractivity contribution in [2.75, 3.05) is 11.9 Å². The molecule has 98 valence electrons. The van der Waals surface area contributed by atoms with Crippen molar-refractivity contribution in [3.63, 3.8) is 0 Å². The highest BCUT2D eigenvalue weighted by Gasteiger charge is 2.42. The molecule has 0 amide bonds. The van der Waals surface area contributed by atoms with Gasteiger partial charge in [-0.1, -0.05) is 6.58 Å². The van der Waals surface area contributed by atoms with E-state index >= 15 is 0 Å². The second-order valence-electron chi connectivity index (χ2n) is 4.67. The van der Waals surface area contributed by atoms with Gasteiger partial charge in [-0.05, 0) is 25.0 Å². The fourth-order valence-electron chi connectivity index (χ4n) is 1.79. The molecule has 0 saturated heterocycles. The summed E-state index contributed by atoms with van der Waals surface area (Å²) in [7, 11) is 0. The number of carbonyl (C=O) groups excluding carboxylic acids is 1. The van der Waals surface area contributed by atoms with Gasteiger partial charge in [-0.3, -0.25) is 0 Å². The molecular weight excluding hydrogens is 242 g/mol. The summed E-state index contributed by atoms with van der Waals surface area (Å²) in [6.45, 7) is 4.03. The number of aromatic nitrogens is 1. The van der Waals surface area contributed by atoms with E-state index in [1.807, 2.05) is 0 Å². The van der Waals surface area contributed by atoms with Gasteiger partial charge in [0.15, 0.2) is 0 Å². The minimum Gasteiger partial charge on any atom is -0.402 e. The summed E-state index contributed by atoms with van der Waals surface area (Å²) >= 11 is 0. The number of carbonyl (C=O) groups is 1. The molecule has 0 aromatic carbocycles. The molecule has 0 spiro atoms. The van der Waals surface area contributed by atoms with E-state index in [-0.39, 0.29) is 11.3 Å². The molecule has 0 atom stereocenters. The first kappa shape index (κ1) is 13.1. The standard InChI is InChI=1S/C14H15N3O2/c1-2-12(18)19-13-11(4-3-9-16-13)17-10-14(5-6-14)7-8-15/h2-4,9,17H,1,5-7,10H2. The molecule has 1 N–H and O–H groups in total. The first-order valence-electron chi connectivity index (χ1n) is 6.09. The average Bonchev–Trinajstić information content (AvgIpc) is 3.18. The van der Waals surface area contributed by atoms with Crippen molar-refractivity contribution in [1.82, 2.24) is 4.98 Å². The molecule has 0 aliphatic heterocycles. The van der Waals surface area contributed by atoms with Crippen LogP contribution < -0.4 is 10.1 Å². The molecule has 0 radical (unpaired) electrons. The molecule has 1 fully saturated rings. The Hall–Kier alpha value is -2.35. The topological polar surface area (TPSA) is 75.0 Å². The summed E-state index contributed by atoms with van der Waals surface area (Å²) < 4.78 is 5.04. The van der Waals surface area contributed by atoms with Gasteiger partial charge in [0.2, 0.25) is 5.88 Å². The molecule has 1 aromatic heterocycles. The summed E-state index contributed by atoms with van der Waals surface area (Å²) in [5, 5.41) is 12.0. The van der Waals surface area contributed by atoms with E-state index < -0.39 is 5.97 Å². The Balaban J connectivity index is 2.02. The van der Waals surface area contributed by atoms with E-state index in [0.29, 0.717) is 18.7 Å². The predicted octanol–water partition coefficient (Wildman–Crippen LogP) is 2.28. The van der Waals surface area contributed by atoms with Crippen molar-refractivity contribution in [1.29, 1.82) is 5.26 Å². The van der Waals surface area contributed by atoms with Crippen LogP contribution in [0.4, 0.5) is 5.69 Å². The third kappa shape index (κ3) is 3.32. The maximum absolute atomic E-state index is 11.2. The van der Waals surface area contributed by atoms with Gasteiger partial charge in [0.1, 0.15) is 0 Å². The second kappa shape index (κ2) is 5.53. The van der Waals surface area contributed by atoms with Crippen LogP contribution >= 0.6 is 0 Å². The third-order valence-electron chi connectivity index (χ3n) is 3.20. The van der Waals surface area contributed by atoms with E-state index in [4.69, 9.17) is 10.00 Å². The quantitative estimate of drug-likeness (QED) is 0.625. The Morgan fingerprint density at radius 3 is 3.11 bits per heavy atom. The Kier molecular flexibility index (Phi) is 3.81. The van der Waals surface area contributed by atoms with Crippen LogP contribution in [-0.2, 0) is 4.79 Å². The molecule has 0 unspecified atom stereocenters. The molecule has 1 aliphatic carbocycles. The van der Waals surface area contributed by atoms with Gasteiger partial charge in [0, 0.05) is 30.7 Å². The summed E-state index contributed by atoms with van der Waals surface area (Å²) in [5.74, 6) is -0.305. The molecule has 1 aromatic rings. The van der Waals surface area contributed by atoms with E-state index in [1.54, 1.807) is 18.3 Å². The minimum absolute atomic E-state index is 0.0737. The lowest BCUT2D eigenvalue weighted by Crippen LogP contribution is -2.16. The van der Waals surface area contributed by atoms with Crippen LogP contribution in [0.3, 0.4) is 0 Å². The van der Waals surface area contributed by atoms with Gasteiger partial charge < -0.3 is 10.1 Å². The van der Waals surface area contributed by atoms with E-state index in [2.05, 4.69) is 22.9 Å². The van der Waals surface area contributed by atoms with Gasteiger partial charge in [0.25, 0.3) is 0 Å². The number of hydrogen-bond donors (Lipinski definition) is 1. The molecule has 2 rings (SSSR count). The van der Waals surface area contributed by atoms with E-state index in [9.17, 15) is 4.79 Å². The van der Waals surface area contributed by atoms with E-state index in [0.717, 1.165) is 18.9 Å². The Bertz CT molecular complexity index is 530. The second-order valence-corrected chi connectivity index (χ2v) is 4.67. The Labute approximate surface area is 111 Å². The fraction of sp³-hybridized carbons (Fsp3) is 0.357. The van der Waals surface area contributed by atoms with Crippen molar-refractivity contribution in [2.24, 2.45) is 5.41 Å². The number of nitriles is 1. The lowest BCUT2D eigenvalue weighted by molar-refractivity contribution is -0.129. The van der Waals surface area contributed by atoms with Crippen LogP contribution in [0.5, 0.6) is 5.88 Å². The highest BCUT2D eigenvalue weighted by molar-refractivity contribution is 5.84. The number of ether oxygens (including phenoxy) is 1.